The summed E-state index contributed by atoms with van der Waals surface area (Å²) in [6, 6.07) is 12.0. The van der Waals surface area contributed by atoms with E-state index < -0.39 is 10.8 Å². The number of carbonyl (C=O) groups excluding carboxylic acids is 2. The van der Waals surface area contributed by atoms with Crippen molar-refractivity contribution >= 4 is 23.2 Å². The number of hydrogen-bond donors (Lipinski definition) is 2. The lowest BCUT2D eigenvalue weighted by Crippen LogP contribution is -2.25. The number of amides is 2. The van der Waals surface area contributed by atoms with Gasteiger partial charge in [0.05, 0.1) is 16.2 Å². The molecule has 0 aliphatic heterocycles. The highest BCUT2D eigenvalue weighted by Gasteiger charge is 2.20. The van der Waals surface area contributed by atoms with Crippen LogP contribution in [-0.2, 0) is 0 Å². The van der Waals surface area contributed by atoms with E-state index in [2.05, 4.69) is 17.2 Å². The molecule has 0 atom stereocenters. The predicted octanol–water partition coefficient (Wildman–Crippen LogP) is 2.76. The monoisotopic (exact) mass is 325 g/mol. The van der Waals surface area contributed by atoms with Crippen LogP contribution in [0.5, 0.6) is 0 Å². The fourth-order valence-electron chi connectivity index (χ4n) is 2.06. The zero-order chi connectivity index (χ0) is 17.5. The molecule has 0 fully saturated rings. The highest BCUT2D eigenvalue weighted by atomic mass is 16.6. The molecule has 0 aliphatic rings. The summed E-state index contributed by atoms with van der Waals surface area (Å²) in [6.07, 6.45) is 1.53. The third kappa shape index (κ3) is 3.83. The van der Waals surface area contributed by atoms with E-state index in [-0.39, 0.29) is 35.0 Å². The van der Waals surface area contributed by atoms with E-state index in [1.165, 1.54) is 30.3 Å². The topological polar surface area (TPSA) is 101 Å². The molecular formula is C17H15N3O4. The van der Waals surface area contributed by atoms with Crippen LogP contribution in [0.3, 0.4) is 0 Å². The van der Waals surface area contributed by atoms with Crippen LogP contribution in [0.1, 0.15) is 20.7 Å². The van der Waals surface area contributed by atoms with Crippen molar-refractivity contribution in [3.8, 4) is 0 Å². The number of benzene rings is 2. The Morgan fingerprint density at radius 3 is 2.33 bits per heavy atom. The minimum Gasteiger partial charge on any atom is -0.349 e. The molecule has 2 N–H and O–H groups in total. The van der Waals surface area contributed by atoms with E-state index in [1.807, 2.05) is 0 Å². The molecule has 2 rings (SSSR count). The Labute approximate surface area is 138 Å². The second kappa shape index (κ2) is 7.68. The molecule has 24 heavy (non-hydrogen) atoms. The third-order valence-corrected chi connectivity index (χ3v) is 3.17. The number of nitro benzene ring substituents is 1. The molecule has 7 nitrogen and oxygen atoms in total. The second-order valence-corrected chi connectivity index (χ2v) is 4.77. The van der Waals surface area contributed by atoms with Crippen LogP contribution in [0.15, 0.2) is 61.2 Å². The van der Waals surface area contributed by atoms with Crippen molar-refractivity contribution in [1.29, 1.82) is 0 Å². The Balaban J connectivity index is 2.29. The Bertz CT molecular complexity index is 802. The molecule has 0 aliphatic carbocycles. The standard InChI is InChI=1S/C17H15N3O4/c1-2-11-18-16(21)12-7-3-5-9-14(12)19-17(22)13-8-4-6-10-15(13)20(23)24/h2-10H,1,11H2,(H,18,21)(H,19,22). The summed E-state index contributed by atoms with van der Waals surface area (Å²) in [5.74, 6) is -1.04. The molecule has 0 radical (unpaired) electrons. The van der Waals surface area contributed by atoms with Gasteiger partial charge in [0.2, 0.25) is 0 Å². The molecule has 0 spiro atoms. The number of anilines is 1. The molecule has 2 aromatic rings. The fraction of sp³-hybridized carbons (Fsp3) is 0.0588. The highest BCUT2D eigenvalue weighted by Crippen LogP contribution is 2.21. The van der Waals surface area contributed by atoms with Crippen molar-refractivity contribution in [2.75, 3.05) is 11.9 Å². The predicted molar refractivity (Wildman–Crippen MR) is 90.0 cm³/mol. The molecule has 7 heteroatoms. The fourth-order valence-corrected chi connectivity index (χ4v) is 2.06. The summed E-state index contributed by atoms with van der Waals surface area (Å²) in [5.41, 5.74) is 0.140. The van der Waals surface area contributed by atoms with Crippen LogP contribution < -0.4 is 10.6 Å². The Morgan fingerprint density at radius 1 is 1.04 bits per heavy atom. The highest BCUT2D eigenvalue weighted by molar-refractivity contribution is 6.10. The number of nitro groups is 1. The van der Waals surface area contributed by atoms with Gasteiger partial charge < -0.3 is 10.6 Å². The lowest BCUT2D eigenvalue weighted by Gasteiger charge is -2.11. The Kier molecular flexibility index (Phi) is 5.40. The maximum Gasteiger partial charge on any atom is 0.282 e. The number of nitrogens with zero attached hydrogens (tertiary/aromatic N) is 1. The van der Waals surface area contributed by atoms with Gasteiger partial charge in [0.15, 0.2) is 0 Å². The van der Waals surface area contributed by atoms with Crippen molar-refractivity contribution in [1.82, 2.24) is 5.32 Å². The minimum absolute atomic E-state index is 0.0798. The lowest BCUT2D eigenvalue weighted by atomic mass is 10.1. The first kappa shape index (κ1) is 16.9. The van der Waals surface area contributed by atoms with E-state index in [9.17, 15) is 19.7 Å². The molecule has 122 valence electrons. The SMILES string of the molecule is C=CCNC(=O)c1ccccc1NC(=O)c1ccccc1[N+](=O)[O-]. The number of carbonyl (C=O) groups is 2. The maximum absolute atomic E-state index is 12.4. The van der Waals surface area contributed by atoms with E-state index in [0.29, 0.717) is 0 Å². The maximum atomic E-state index is 12.4. The number of nitrogens with one attached hydrogen (secondary N) is 2. The molecule has 2 amide bonds. The van der Waals surface area contributed by atoms with Crippen LogP contribution in [0.2, 0.25) is 0 Å². The van der Waals surface area contributed by atoms with Gasteiger partial charge in [-0.2, -0.15) is 0 Å². The smallest absolute Gasteiger partial charge is 0.282 e. The van der Waals surface area contributed by atoms with E-state index >= 15 is 0 Å². The van der Waals surface area contributed by atoms with E-state index in [1.54, 1.807) is 24.3 Å². The molecule has 0 aromatic heterocycles. The van der Waals surface area contributed by atoms with Crippen LogP contribution in [0.4, 0.5) is 11.4 Å². The van der Waals surface area contributed by atoms with Gasteiger partial charge in [-0.15, -0.1) is 6.58 Å². The minimum atomic E-state index is -0.661. The van der Waals surface area contributed by atoms with Gasteiger partial charge in [-0.05, 0) is 18.2 Å². The quantitative estimate of drug-likeness (QED) is 0.484. The molecule has 2 aromatic carbocycles. The number of hydrogen-bond acceptors (Lipinski definition) is 4. The van der Waals surface area contributed by atoms with Crippen molar-refractivity contribution in [3.63, 3.8) is 0 Å². The van der Waals surface area contributed by atoms with Gasteiger partial charge >= 0.3 is 0 Å². The summed E-state index contributed by atoms with van der Waals surface area (Å²) in [4.78, 5) is 34.9. The van der Waals surface area contributed by atoms with Gasteiger partial charge in [-0.1, -0.05) is 30.3 Å². The van der Waals surface area contributed by atoms with Crippen LogP contribution >= 0.6 is 0 Å². The van der Waals surface area contributed by atoms with Crippen LogP contribution in [0, 0.1) is 10.1 Å². The molecule has 0 saturated heterocycles. The summed E-state index contributed by atoms with van der Waals surface area (Å²) in [5, 5.41) is 16.2. The lowest BCUT2D eigenvalue weighted by molar-refractivity contribution is -0.385. The number of para-hydroxylation sites is 2. The molecular weight excluding hydrogens is 310 g/mol. The van der Waals surface area contributed by atoms with Crippen molar-refractivity contribution in [3.05, 3.63) is 82.4 Å². The Morgan fingerprint density at radius 2 is 1.67 bits per heavy atom. The van der Waals surface area contributed by atoms with Crippen molar-refractivity contribution in [2.24, 2.45) is 0 Å². The van der Waals surface area contributed by atoms with Gasteiger partial charge in [-0.3, -0.25) is 19.7 Å². The molecule has 0 unspecified atom stereocenters. The summed E-state index contributed by atoms with van der Waals surface area (Å²) in [7, 11) is 0. The zero-order valence-electron chi connectivity index (χ0n) is 12.7. The number of rotatable bonds is 6. The zero-order valence-corrected chi connectivity index (χ0v) is 12.7. The molecule has 0 bridgehead atoms. The average Bonchev–Trinajstić information content (AvgIpc) is 2.60. The largest absolute Gasteiger partial charge is 0.349 e. The molecule has 0 heterocycles. The van der Waals surface area contributed by atoms with Gasteiger partial charge in [0.25, 0.3) is 17.5 Å². The van der Waals surface area contributed by atoms with Crippen LogP contribution in [-0.4, -0.2) is 23.3 Å². The first-order chi connectivity index (χ1) is 11.5. The first-order valence-corrected chi connectivity index (χ1v) is 7.07. The van der Waals surface area contributed by atoms with Gasteiger partial charge in [-0.25, -0.2) is 0 Å². The van der Waals surface area contributed by atoms with Gasteiger partial charge in [0.1, 0.15) is 5.56 Å². The summed E-state index contributed by atoms with van der Waals surface area (Å²) < 4.78 is 0. The third-order valence-electron chi connectivity index (χ3n) is 3.17. The molecule has 0 saturated carbocycles. The first-order valence-electron chi connectivity index (χ1n) is 7.07. The van der Waals surface area contributed by atoms with Crippen molar-refractivity contribution in [2.45, 2.75) is 0 Å². The van der Waals surface area contributed by atoms with Gasteiger partial charge in [0, 0.05) is 12.6 Å². The second-order valence-electron chi connectivity index (χ2n) is 4.77. The van der Waals surface area contributed by atoms with E-state index in [4.69, 9.17) is 0 Å². The van der Waals surface area contributed by atoms with Crippen LogP contribution in [0.25, 0.3) is 0 Å². The van der Waals surface area contributed by atoms with E-state index in [0.717, 1.165) is 0 Å². The Hall–Kier alpha value is -3.48. The summed E-state index contributed by atoms with van der Waals surface area (Å²) in [6.45, 7) is 3.80. The normalized spacial score (nSPS) is 9.83. The van der Waals surface area contributed by atoms with Crippen molar-refractivity contribution < 1.29 is 14.5 Å². The average molecular weight is 325 g/mol. The summed E-state index contributed by atoms with van der Waals surface area (Å²) >= 11 is 0.